The lowest BCUT2D eigenvalue weighted by Crippen LogP contribution is -2.39. The van der Waals surface area contributed by atoms with Crippen LogP contribution in [0.25, 0.3) is 0 Å². The van der Waals surface area contributed by atoms with Gasteiger partial charge >= 0.3 is 0 Å². The van der Waals surface area contributed by atoms with E-state index in [0.717, 1.165) is 0 Å². The normalized spacial score (nSPS) is 10.6. The van der Waals surface area contributed by atoms with Crippen LogP contribution in [0.4, 0.5) is 0 Å². The smallest absolute Gasteiger partial charge is 0.267 e. The van der Waals surface area contributed by atoms with Gasteiger partial charge in [0, 0.05) is 13.1 Å². The van der Waals surface area contributed by atoms with Crippen molar-refractivity contribution in [1.29, 1.82) is 0 Å². The highest BCUT2D eigenvalue weighted by Gasteiger charge is 2.12. The summed E-state index contributed by atoms with van der Waals surface area (Å²) in [4.78, 5) is 23.5. The number of thiol groups is 1. The molecule has 1 aromatic heterocycles. The number of hydrogen-bond acceptors (Lipinski definition) is 3. The van der Waals surface area contributed by atoms with Gasteiger partial charge in [-0.3, -0.25) is 9.59 Å². The van der Waals surface area contributed by atoms with Crippen molar-refractivity contribution < 1.29 is 0 Å². The van der Waals surface area contributed by atoms with E-state index >= 15 is 0 Å². The number of aromatic nitrogens is 2. The molecule has 0 aromatic carbocycles. The van der Waals surface area contributed by atoms with Crippen LogP contribution in [0.2, 0.25) is 0 Å². The minimum Gasteiger partial charge on any atom is -0.267 e. The zero-order valence-electron chi connectivity index (χ0n) is 7.95. The van der Waals surface area contributed by atoms with Gasteiger partial charge in [-0.25, -0.2) is 9.36 Å². The Morgan fingerprint density at radius 1 is 1.14 bits per heavy atom. The molecule has 0 unspecified atom stereocenters. The molecular formula is C8H11BrN2O2S. The van der Waals surface area contributed by atoms with E-state index in [2.05, 4.69) is 28.6 Å². The van der Waals surface area contributed by atoms with Crippen molar-refractivity contribution in [2.75, 3.05) is 0 Å². The highest BCUT2D eigenvalue weighted by atomic mass is 79.9. The molecule has 4 nitrogen and oxygen atoms in total. The quantitative estimate of drug-likeness (QED) is 0.824. The van der Waals surface area contributed by atoms with Crippen LogP contribution >= 0.6 is 28.6 Å². The Morgan fingerprint density at radius 3 is 2.00 bits per heavy atom. The molecule has 1 rings (SSSR count). The third-order valence-electron chi connectivity index (χ3n) is 1.96. The molecule has 0 amide bonds. The van der Waals surface area contributed by atoms with Crippen LogP contribution < -0.4 is 11.1 Å². The molecule has 14 heavy (non-hydrogen) atoms. The van der Waals surface area contributed by atoms with Crippen molar-refractivity contribution in [2.45, 2.75) is 31.8 Å². The van der Waals surface area contributed by atoms with E-state index in [1.54, 1.807) is 0 Å². The molecule has 0 spiro atoms. The van der Waals surface area contributed by atoms with Gasteiger partial charge in [-0.2, -0.15) is 0 Å². The van der Waals surface area contributed by atoms with Gasteiger partial charge in [-0.05, 0) is 29.8 Å². The lowest BCUT2D eigenvalue weighted by atomic mass is 10.5. The summed E-state index contributed by atoms with van der Waals surface area (Å²) in [7, 11) is 0. The Kier molecular flexibility index (Phi) is 3.60. The SMILES string of the molecule is CCn1c(=O)c(S)c(Br)c(=O)n1CC. The van der Waals surface area contributed by atoms with Gasteiger partial charge < -0.3 is 0 Å². The van der Waals surface area contributed by atoms with Gasteiger partial charge in [-0.1, -0.05) is 0 Å². The van der Waals surface area contributed by atoms with Gasteiger partial charge in [0.2, 0.25) is 0 Å². The summed E-state index contributed by atoms with van der Waals surface area (Å²) < 4.78 is 3.01. The van der Waals surface area contributed by atoms with Crippen molar-refractivity contribution >= 4 is 28.6 Å². The summed E-state index contributed by atoms with van der Waals surface area (Å²) in [5.74, 6) is 0. The first-order valence-electron chi connectivity index (χ1n) is 4.26. The average molecular weight is 279 g/mol. The number of hydrogen-bond donors (Lipinski definition) is 1. The van der Waals surface area contributed by atoms with Gasteiger partial charge in [0.05, 0.1) is 4.90 Å². The van der Waals surface area contributed by atoms with Gasteiger partial charge in [0.25, 0.3) is 11.1 Å². The van der Waals surface area contributed by atoms with Crippen molar-refractivity contribution in [1.82, 2.24) is 9.36 Å². The lowest BCUT2D eigenvalue weighted by molar-refractivity contribution is 0.432. The molecule has 0 aliphatic rings. The molecule has 1 heterocycles. The molecule has 0 bridgehead atoms. The van der Waals surface area contributed by atoms with Gasteiger partial charge in [-0.15, -0.1) is 12.6 Å². The summed E-state index contributed by atoms with van der Waals surface area (Å²) in [5.41, 5.74) is -0.469. The topological polar surface area (TPSA) is 44.0 Å². The van der Waals surface area contributed by atoms with E-state index < -0.39 is 0 Å². The summed E-state index contributed by atoms with van der Waals surface area (Å²) >= 11 is 7.06. The third-order valence-corrected chi connectivity index (χ3v) is 3.41. The minimum absolute atomic E-state index is 0.168. The molecule has 0 atom stereocenters. The van der Waals surface area contributed by atoms with Crippen LogP contribution in [0.15, 0.2) is 19.0 Å². The van der Waals surface area contributed by atoms with E-state index in [4.69, 9.17) is 0 Å². The summed E-state index contributed by atoms with van der Waals surface area (Å²) in [6, 6.07) is 0. The Hall–Kier alpha value is -0.490. The first kappa shape index (κ1) is 11.6. The summed E-state index contributed by atoms with van der Waals surface area (Å²) in [5, 5.41) is 0. The summed E-state index contributed by atoms with van der Waals surface area (Å²) in [6.45, 7) is 4.56. The van der Waals surface area contributed by atoms with Crippen molar-refractivity contribution in [3.8, 4) is 0 Å². The van der Waals surface area contributed by atoms with Crippen LogP contribution in [0.5, 0.6) is 0 Å². The molecule has 0 saturated heterocycles. The average Bonchev–Trinajstić information content (AvgIpc) is 2.20. The van der Waals surface area contributed by atoms with Crippen molar-refractivity contribution in [3.05, 3.63) is 25.2 Å². The van der Waals surface area contributed by atoms with Crippen molar-refractivity contribution in [2.24, 2.45) is 0 Å². The zero-order chi connectivity index (χ0) is 10.9. The zero-order valence-corrected chi connectivity index (χ0v) is 10.4. The molecule has 0 saturated carbocycles. The van der Waals surface area contributed by atoms with E-state index in [1.165, 1.54) is 9.36 Å². The van der Waals surface area contributed by atoms with Crippen molar-refractivity contribution in [3.63, 3.8) is 0 Å². The van der Waals surface area contributed by atoms with Crippen LogP contribution in [0.1, 0.15) is 13.8 Å². The first-order chi connectivity index (χ1) is 6.54. The second-order valence-corrected chi connectivity index (χ2v) is 3.94. The Balaban J connectivity index is 3.75. The van der Waals surface area contributed by atoms with Gasteiger partial charge in [0.1, 0.15) is 4.47 Å². The monoisotopic (exact) mass is 278 g/mol. The largest absolute Gasteiger partial charge is 0.280 e. The fourth-order valence-corrected chi connectivity index (χ4v) is 1.86. The predicted octanol–water partition coefficient (Wildman–Crippen LogP) is 1.10. The number of nitrogens with zero attached hydrogens (tertiary/aromatic N) is 2. The fraction of sp³-hybridized carbons (Fsp3) is 0.500. The van der Waals surface area contributed by atoms with E-state index in [1.807, 2.05) is 13.8 Å². The van der Waals surface area contributed by atoms with Crippen LogP contribution in [-0.4, -0.2) is 9.36 Å². The maximum absolute atomic E-state index is 11.7. The highest BCUT2D eigenvalue weighted by molar-refractivity contribution is 9.10. The molecule has 0 radical (unpaired) electrons. The molecule has 6 heteroatoms. The molecular weight excluding hydrogens is 268 g/mol. The second kappa shape index (κ2) is 4.35. The second-order valence-electron chi connectivity index (χ2n) is 2.70. The highest BCUT2D eigenvalue weighted by Crippen LogP contribution is 2.10. The van der Waals surface area contributed by atoms with E-state index in [9.17, 15) is 9.59 Å². The number of halogens is 1. The lowest BCUT2D eigenvalue weighted by Gasteiger charge is -2.13. The molecule has 1 aromatic rings. The molecule has 78 valence electrons. The predicted molar refractivity (Wildman–Crippen MR) is 61.3 cm³/mol. The minimum atomic E-state index is -0.246. The number of rotatable bonds is 2. The Labute approximate surface area is 95.1 Å². The molecule has 0 fully saturated rings. The van der Waals surface area contributed by atoms with E-state index in [-0.39, 0.29) is 20.5 Å². The van der Waals surface area contributed by atoms with E-state index in [0.29, 0.717) is 13.1 Å². The first-order valence-corrected chi connectivity index (χ1v) is 5.50. The van der Waals surface area contributed by atoms with Gasteiger partial charge in [0.15, 0.2) is 0 Å². The molecule has 0 N–H and O–H groups in total. The van der Waals surface area contributed by atoms with Crippen LogP contribution in [-0.2, 0) is 13.1 Å². The fourth-order valence-electron chi connectivity index (χ4n) is 1.28. The molecule has 0 aliphatic carbocycles. The Bertz CT molecular complexity index is 421. The standard InChI is InChI=1S/C8H11BrN2O2S/c1-3-10-7(12)5(9)6(14)8(13)11(10)4-2/h14H,3-4H2,1-2H3. The van der Waals surface area contributed by atoms with Crippen LogP contribution in [0, 0.1) is 0 Å². The summed E-state index contributed by atoms with van der Waals surface area (Å²) in [6.07, 6.45) is 0. The maximum atomic E-state index is 11.7. The van der Waals surface area contributed by atoms with Crippen LogP contribution in [0.3, 0.4) is 0 Å². The third kappa shape index (κ3) is 1.68. The maximum Gasteiger partial charge on any atom is 0.280 e. The Morgan fingerprint density at radius 2 is 1.57 bits per heavy atom. The molecule has 0 aliphatic heterocycles.